The Morgan fingerprint density at radius 3 is 2.60 bits per heavy atom. The SMILES string of the molecule is CCN1CC(C)N(CCCN)C(=O)C1=O. The van der Waals surface area contributed by atoms with Crippen LogP contribution in [-0.4, -0.2) is 53.8 Å². The van der Waals surface area contributed by atoms with Gasteiger partial charge >= 0.3 is 11.8 Å². The minimum absolute atomic E-state index is 0.0988. The second kappa shape index (κ2) is 5.11. The van der Waals surface area contributed by atoms with Gasteiger partial charge in [-0.25, -0.2) is 0 Å². The van der Waals surface area contributed by atoms with Crippen LogP contribution in [0.3, 0.4) is 0 Å². The van der Waals surface area contributed by atoms with E-state index < -0.39 is 0 Å². The predicted octanol–water partition coefficient (Wildman–Crippen LogP) is -0.586. The molecule has 86 valence electrons. The molecule has 15 heavy (non-hydrogen) atoms. The van der Waals surface area contributed by atoms with E-state index in [0.717, 1.165) is 6.42 Å². The number of hydrogen-bond donors (Lipinski definition) is 1. The normalized spacial score (nSPS) is 22.5. The van der Waals surface area contributed by atoms with Crippen molar-refractivity contribution in [2.75, 3.05) is 26.2 Å². The summed E-state index contributed by atoms with van der Waals surface area (Å²) >= 11 is 0. The van der Waals surface area contributed by atoms with E-state index >= 15 is 0 Å². The van der Waals surface area contributed by atoms with Gasteiger partial charge in [0.2, 0.25) is 0 Å². The van der Waals surface area contributed by atoms with Gasteiger partial charge in [-0.05, 0) is 26.8 Å². The lowest BCUT2D eigenvalue weighted by atomic mass is 10.1. The topological polar surface area (TPSA) is 66.6 Å². The first-order valence-corrected chi connectivity index (χ1v) is 5.41. The molecule has 1 aliphatic rings. The van der Waals surface area contributed by atoms with E-state index in [1.54, 1.807) is 9.80 Å². The fourth-order valence-electron chi connectivity index (χ4n) is 1.81. The molecule has 0 aromatic carbocycles. The zero-order valence-electron chi connectivity index (χ0n) is 9.40. The third-order valence-electron chi connectivity index (χ3n) is 2.73. The molecule has 0 radical (unpaired) electrons. The van der Waals surface area contributed by atoms with Crippen molar-refractivity contribution in [3.8, 4) is 0 Å². The summed E-state index contributed by atoms with van der Waals surface area (Å²) in [5.74, 6) is -0.767. The van der Waals surface area contributed by atoms with Crippen molar-refractivity contribution < 1.29 is 9.59 Å². The summed E-state index contributed by atoms with van der Waals surface area (Å²) in [5.41, 5.74) is 5.39. The van der Waals surface area contributed by atoms with Gasteiger partial charge in [-0.2, -0.15) is 0 Å². The lowest BCUT2D eigenvalue weighted by Crippen LogP contribution is -2.58. The Labute approximate surface area is 90.2 Å². The molecule has 1 atom stereocenters. The lowest BCUT2D eigenvalue weighted by Gasteiger charge is -2.38. The zero-order valence-corrected chi connectivity index (χ0v) is 9.40. The summed E-state index contributed by atoms with van der Waals surface area (Å²) in [7, 11) is 0. The number of carbonyl (C=O) groups is 2. The zero-order chi connectivity index (χ0) is 11.4. The second-order valence-corrected chi connectivity index (χ2v) is 3.83. The van der Waals surface area contributed by atoms with E-state index in [9.17, 15) is 9.59 Å². The molecule has 1 saturated heterocycles. The lowest BCUT2D eigenvalue weighted by molar-refractivity contribution is -0.158. The summed E-state index contributed by atoms with van der Waals surface area (Å²) in [6.45, 7) is 6.20. The summed E-state index contributed by atoms with van der Waals surface area (Å²) in [5, 5.41) is 0. The largest absolute Gasteiger partial charge is 0.333 e. The number of rotatable bonds is 4. The van der Waals surface area contributed by atoms with Crippen LogP contribution in [0.1, 0.15) is 20.3 Å². The monoisotopic (exact) mass is 213 g/mol. The molecule has 1 fully saturated rings. The number of carbonyl (C=O) groups excluding carboxylic acids is 2. The van der Waals surface area contributed by atoms with Gasteiger partial charge in [0.25, 0.3) is 0 Å². The molecule has 2 N–H and O–H groups in total. The Morgan fingerprint density at radius 1 is 1.40 bits per heavy atom. The first kappa shape index (κ1) is 12.0. The van der Waals surface area contributed by atoms with Crippen LogP contribution in [0.15, 0.2) is 0 Å². The molecule has 0 aliphatic carbocycles. The maximum absolute atomic E-state index is 11.7. The highest BCUT2D eigenvalue weighted by Gasteiger charge is 2.35. The summed E-state index contributed by atoms with van der Waals surface area (Å²) in [6.07, 6.45) is 0.746. The van der Waals surface area contributed by atoms with Gasteiger partial charge in [0.05, 0.1) is 0 Å². The molecule has 0 spiro atoms. The molecular weight excluding hydrogens is 194 g/mol. The van der Waals surface area contributed by atoms with Crippen LogP contribution in [0.5, 0.6) is 0 Å². The van der Waals surface area contributed by atoms with E-state index in [2.05, 4.69) is 0 Å². The first-order chi connectivity index (χ1) is 7.11. The summed E-state index contributed by atoms with van der Waals surface area (Å²) in [6, 6.07) is 0.0988. The van der Waals surface area contributed by atoms with Gasteiger partial charge in [0, 0.05) is 25.7 Å². The molecule has 0 aromatic heterocycles. The van der Waals surface area contributed by atoms with Crippen LogP contribution in [0.2, 0.25) is 0 Å². The Kier molecular flexibility index (Phi) is 4.08. The summed E-state index contributed by atoms with van der Waals surface area (Å²) in [4.78, 5) is 26.5. The van der Waals surface area contributed by atoms with E-state index in [4.69, 9.17) is 5.73 Å². The average molecular weight is 213 g/mol. The van der Waals surface area contributed by atoms with E-state index in [1.165, 1.54) is 0 Å². The number of amides is 2. The molecular formula is C10H19N3O2. The number of nitrogens with zero attached hydrogens (tertiary/aromatic N) is 2. The molecule has 1 aliphatic heterocycles. The van der Waals surface area contributed by atoms with Crippen molar-refractivity contribution in [1.82, 2.24) is 9.80 Å². The van der Waals surface area contributed by atoms with Gasteiger partial charge in [-0.15, -0.1) is 0 Å². The van der Waals surface area contributed by atoms with E-state index in [-0.39, 0.29) is 17.9 Å². The van der Waals surface area contributed by atoms with Gasteiger partial charge in [0.1, 0.15) is 0 Å². The molecule has 1 unspecified atom stereocenters. The highest BCUT2D eigenvalue weighted by molar-refractivity contribution is 6.35. The van der Waals surface area contributed by atoms with Crippen LogP contribution in [0.4, 0.5) is 0 Å². The van der Waals surface area contributed by atoms with Crippen molar-refractivity contribution in [2.45, 2.75) is 26.3 Å². The van der Waals surface area contributed by atoms with Crippen LogP contribution >= 0.6 is 0 Å². The van der Waals surface area contributed by atoms with Crippen molar-refractivity contribution in [3.05, 3.63) is 0 Å². The molecule has 0 bridgehead atoms. The van der Waals surface area contributed by atoms with Gasteiger partial charge in [-0.3, -0.25) is 9.59 Å². The minimum atomic E-state index is -0.385. The molecule has 0 saturated carbocycles. The van der Waals surface area contributed by atoms with Crippen LogP contribution in [0.25, 0.3) is 0 Å². The average Bonchev–Trinajstić information content (AvgIpc) is 2.23. The van der Waals surface area contributed by atoms with Crippen molar-refractivity contribution in [3.63, 3.8) is 0 Å². The van der Waals surface area contributed by atoms with Gasteiger partial charge in [0.15, 0.2) is 0 Å². The molecule has 0 aromatic rings. The van der Waals surface area contributed by atoms with Gasteiger partial charge in [-0.1, -0.05) is 0 Å². The van der Waals surface area contributed by atoms with Crippen LogP contribution < -0.4 is 5.73 Å². The van der Waals surface area contributed by atoms with E-state index in [0.29, 0.717) is 26.2 Å². The third kappa shape index (κ3) is 2.47. The Bertz CT molecular complexity index is 255. The molecule has 2 amide bonds. The summed E-state index contributed by atoms with van der Waals surface area (Å²) < 4.78 is 0. The van der Waals surface area contributed by atoms with Crippen LogP contribution in [0, 0.1) is 0 Å². The predicted molar refractivity (Wildman–Crippen MR) is 57.1 cm³/mol. The van der Waals surface area contributed by atoms with Crippen LogP contribution in [-0.2, 0) is 9.59 Å². The molecule has 1 rings (SSSR count). The Hall–Kier alpha value is -1.10. The second-order valence-electron chi connectivity index (χ2n) is 3.83. The molecule has 5 nitrogen and oxygen atoms in total. The Morgan fingerprint density at radius 2 is 2.07 bits per heavy atom. The Balaban J connectivity index is 2.66. The fourth-order valence-corrected chi connectivity index (χ4v) is 1.81. The van der Waals surface area contributed by atoms with Crippen molar-refractivity contribution in [1.29, 1.82) is 0 Å². The van der Waals surface area contributed by atoms with Crippen molar-refractivity contribution in [2.24, 2.45) is 5.73 Å². The van der Waals surface area contributed by atoms with Crippen molar-refractivity contribution >= 4 is 11.8 Å². The molecule has 5 heteroatoms. The standard InChI is InChI=1S/C10H19N3O2/c1-3-12-7-8(2)13(6-4-5-11)10(15)9(12)14/h8H,3-7,11H2,1-2H3. The first-order valence-electron chi connectivity index (χ1n) is 5.41. The number of piperazine rings is 1. The molecule has 1 heterocycles. The number of likely N-dealkylation sites (N-methyl/N-ethyl adjacent to an activating group) is 1. The maximum Gasteiger partial charge on any atom is 0.312 e. The quantitative estimate of drug-likeness (QED) is 0.635. The third-order valence-corrected chi connectivity index (χ3v) is 2.73. The van der Waals surface area contributed by atoms with E-state index in [1.807, 2.05) is 13.8 Å². The van der Waals surface area contributed by atoms with Gasteiger partial charge < -0.3 is 15.5 Å². The minimum Gasteiger partial charge on any atom is -0.333 e. The highest BCUT2D eigenvalue weighted by Crippen LogP contribution is 2.11. The highest BCUT2D eigenvalue weighted by atomic mass is 16.2. The number of nitrogens with two attached hydrogens (primary N) is 1. The fraction of sp³-hybridized carbons (Fsp3) is 0.800. The smallest absolute Gasteiger partial charge is 0.312 e. The number of hydrogen-bond acceptors (Lipinski definition) is 3. The maximum atomic E-state index is 11.7.